The van der Waals surface area contributed by atoms with Gasteiger partial charge < -0.3 is 9.47 Å². The van der Waals surface area contributed by atoms with Gasteiger partial charge in [-0.2, -0.15) is 0 Å². The molecule has 2 rings (SSSR count). The SMILES string of the molecule is CCCC1CCN(C(=O)c2cc(S(=O)(=O)Cl)cn2C)C1. The van der Waals surface area contributed by atoms with Gasteiger partial charge in [-0.05, 0) is 24.8 Å². The fraction of sp³-hybridized carbons (Fsp3) is 0.615. The van der Waals surface area contributed by atoms with Crippen LogP contribution in [-0.2, 0) is 16.1 Å². The summed E-state index contributed by atoms with van der Waals surface area (Å²) >= 11 is 0. The van der Waals surface area contributed by atoms with Crippen molar-refractivity contribution in [2.45, 2.75) is 31.1 Å². The summed E-state index contributed by atoms with van der Waals surface area (Å²) in [4.78, 5) is 14.2. The average Bonchev–Trinajstić information content (AvgIpc) is 2.95. The highest BCUT2D eigenvalue weighted by molar-refractivity contribution is 8.13. The fourth-order valence-electron chi connectivity index (χ4n) is 2.70. The molecule has 0 aromatic carbocycles. The van der Waals surface area contributed by atoms with Gasteiger partial charge in [0, 0.05) is 37.0 Å². The van der Waals surface area contributed by atoms with Crippen molar-refractivity contribution in [3.05, 3.63) is 18.0 Å². The van der Waals surface area contributed by atoms with Crippen molar-refractivity contribution in [2.75, 3.05) is 13.1 Å². The number of hydrogen-bond donors (Lipinski definition) is 0. The summed E-state index contributed by atoms with van der Waals surface area (Å²) in [6.45, 7) is 3.62. The largest absolute Gasteiger partial charge is 0.345 e. The Morgan fingerprint density at radius 2 is 2.20 bits per heavy atom. The van der Waals surface area contributed by atoms with Crippen molar-refractivity contribution in [1.82, 2.24) is 9.47 Å². The maximum Gasteiger partial charge on any atom is 0.270 e. The maximum atomic E-state index is 12.4. The molecule has 1 aliphatic rings. The van der Waals surface area contributed by atoms with Crippen LogP contribution in [0.15, 0.2) is 17.2 Å². The first-order chi connectivity index (χ1) is 9.32. The van der Waals surface area contributed by atoms with E-state index in [9.17, 15) is 13.2 Å². The van der Waals surface area contributed by atoms with Crippen LogP contribution in [0.4, 0.5) is 0 Å². The third-order valence-corrected chi connectivity index (χ3v) is 5.07. The molecule has 7 heteroatoms. The number of carbonyl (C=O) groups excluding carboxylic acids is 1. The van der Waals surface area contributed by atoms with E-state index in [4.69, 9.17) is 10.7 Å². The van der Waals surface area contributed by atoms with E-state index in [1.165, 1.54) is 16.8 Å². The summed E-state index contributed by atoms with van der Waals surface area (Å²) in [5.41, 5.74) is 0.362. The molecule has 5 nitrogen and oxygen atoms in total. The topological polar surface area (TPSA) is 59.4 Å². The molecule has 1 saturated heterocycles. The van der Waals surface area contributed by atoms with E-state index < -0.39 is 9.05 Å². The molecule has 1 atom stereocenters. The first-order valence-corrected chi connectivity index (χ1v) is 9.04. The number of halogens is 1. The normalized spacial score (nSPS) is 19.6. The monoisotopic (exact) mass is 318 g/mol. The molecule has 1 aromatic rings. The summed E-state index contributed by atoms with van der Waals surface area (Å²) in [6, 6.07) is 1.35. The predicted molar refractivity (Wildman–Crippen MR) is 77.4 cm³/mol. The van der Waals surface area contributed by atoms with Gasteiger partial charge in [-0.1, -0.05) is 13.3 Å². The fourth-order valence-corrected chi connectivity index (χ4v) is 3.49. The number of rotatable bonds is 4. The zero-order valence-corrected chi connectivity index (χ0v) is 13.2. The molecule has 1 amide bonds. The van der Waals surface area contributed by atoms with E-state index >= 15 is 0 Å². The van der Waals surface area contributed by atoms with Gasteiger partial charge in [0.2, 0.25) is 0 Å². The molecule has 2 heterocycles. The molecule has 0 N–H and O–H groups in total. The molecule has 1 aromatic heterocycles. The van der Waals surface area contributed by atoms with Crippen LogP contribution in [0.5, 0.6) is 0 Å². The van der Waals surface area contributed by atoms with Gasteiger partial charge in [-0.25, -0.2) is 8.42 Å². The Hall–Kier alpha value is -1.01. The van der Waals surface area contributed by atoms with Gasteiger partial charge in [-0.15, -0.1) is 0 Å². The van der Waals surface area contributed by atoms with Crippen LogP contribution in [0.2, 0.25) is 0 Å². The molecule has 1 fully saturated rings. The zero-order chi connectivity index (χ0) is 14.9. The van der Waals surface area contributed by atoms with Gasteiger partial charge >= 0.3 is 0 Å². The molecule has 20 heavy (non-hydrogen) atoms. The number of carbonyl (C=O) groups is 1. The van der Waals surface area contributed by atoms with E-state index in [-0.39, 0.29) is 10.8 Å². The van der Waals surface area contributed by atoms with E-state index in [0.29, 0.717) is 11.6 Å². The van der Waals surface area contributed by atoms with Gasteiger partial charge in [0.15, 0.2) is 0 Å². The minimum Gasteiger partial charge on any atom is -0.345 e. The van der Waals surface area contributed by atoms with Gasteiger partial charge in [-0.3, -0.25) is 4.79 Å². The van der Waals surface area contributed by atoms with Crippen molar-refractivity contribution >= 4 is 25.6 Å². The molecular weight excluding hydrogens is 300 g/mol. The van der Waals surface area contributed by atoms with Crippen LogP contribution < -0.4 is 0 Å². The minimum absolute atomic E-state index is 0.0330. The first kappa shape index (κ1) is 15.4. The summed E-state index contributed by atoms with van der Waals surface area (Å²) in [7, 11) is 3.16. The number of hydrogen-bond acceptors (Lipinski definition) is 3. The standard InChI is InChI=1S/C13H19ClN2O3S/c1-3-4-10-5-6-16(8-10)13(17)12-7-11(9-15(12)2)20(14,18)19/h7,9-10H,3-6,8H2,1-2H3. The van der Waals surface area contributed by atoms with E-state index in [0.717, 1.165) is 32.4 Å². The predicted octanol–water partition coefficient (Wildman–Crippen LogP) is 2.21. The Morgan fingerprint density at radius 1 is 1.50 bits per heavy atom. The third kappa shape index (κ3) is 3.17. The quantitative estimate of drug-likeness (QED) is 0.800. The van der Waals surface area contributed by atoms with Gasteiger partial charge in [0.1, 0.15) is 10.6 Å². The zero-order valence-electron chi connectivity index (χ0n) is 11.7. The molecule has 0 radical (unpaired) electrons. The second-order valence-electron chi connectivity index (χ2n) is 5.30. The minimum atomic E-state index is -3.80. The lowest BCUT2D eigenvalue weighted by Gasteiger charge is -2.16. The molecule has 0 saturated carbocycles. The van der Waals surface area contributed by atoms with Crippen LogP contribution in [0.3, 0.4) is 0 Å². The third-order valence-electron chi connectivity index (χ3n) is 3.75. The first-order valence-electron chi connectivity index (χ1n) is 6.73. The Balaban J connectivity index is 2.16. The number of amides is 1. The highest BCUT2D eigenvalue weighted by Crippen LogP contribution is 2.24. The van der Waals surface area contributed by atoms with Gasteiger partial charge in [0.25, 0.3) is 15.0 Å². The van der Waals surface area contributed by atoms with Crippen molar-refractivity contribution in [1.29, 1.82) is 0 Å². The Kier molecular flexibility index (Phi) is 4.44. The summed E-state index contributed by atoms with van der Waals surface area (Å²) in [5, 5.41) is 0. The van der Waals surface area contributed by atoms with Crippen molar-refractivity contribution in [3.63, 3.8) is 0 Å². The van der Waals surface area contributed by atoms with Crippen LogP contribution in [0, 0.1) is 5.92 Å². The molecule has 0 spiro atoms. The summed E-state index contributed by atoms with van der Waals surface area (Å²) in [5.74, 6) is 0.429. The van der Waals surface area contributed by atoms with Crippen LogP contribution in [0.25, 0.3) is 0 Å². The van der Waals surface area contributed by atoms with Crippen molar-refractivity contribution < 1.29 is 13.2 Å². The highest BCUT2D eigenvalue weighted by atomic mass is 35.7. The van der Waals surface area contributed by atoms with Crippen LogP contribution in [0.1, 0.15) is 36.7 Å². The second-order valence-corrected chi connectivity index (χ2v) is 7.87. The molecule has 112 valence electrons. The molecular formula is C13H19ClN2O3S. The molecule has 1 unspecified atom stereocenters. The van der Waals surface area contributed by atoms with Gasteiger partial charge in [0.05, 0.1) is 0 Å². The number of aryl methyl sites for hydroxylation is 1. The number of likely N-dealkylation sites (tertiary alicyclic amines) is 1. The Labute approximate surface area is 123 Å². The number of aromatic nitrogens is 1. The van der Waals surface area contributed by atoms with Crippen LogP contribution >= 0.6 is 10.7 Å². The highest BCUT2D eigenvalue weighted by Gasteiger charge is 2.28. The lowest BCUT2D eigenvalue weighted by molar-refractivity contribution is 0.0777. The van der Waals surface area contributed by atoms with Crippen LogP contribution in [-0.4, -0.2) is 36.9 Å². The van der Waals surface area contributed by atoms with Crippen molar-refractivity contribution in [3.8, 4) is 0 Å². The molecule has 1 aliphatic heterocycles. The Bertz CT molecular complexity index is 609. The average molecular weight is 319 g/mol. The summed E-state index contributed by atoms with van der Waals surface area (Å²) in [6.07, 6.45) is 4.63. The molecule has 0 bridgehead atoms. The maximum absolute atomic E-state index is 12.4. The Morgan fingerprint density at radius 3 is 2.75 bits per heavy atom. The summed E-state index contributed by atoms with van der Waals surface area (Å²) < 4.78 is 24.1. The number of nitrogens with zero attached hydrogens (tertiary/aromatic N) is 2. The lowest BCUT2D eigenvalue weighted by atomic mass is 10.0. The second kappa shape index (κ2) is 5.77. The molecule has 0 aliphatic carbocycles. The smallest absolute Gasteiger partial charge is 0.270 e. The van der Waals surface area contributed by atoms with E-state index in [2.05, 4.69) is 6.92 Å². The van der Waals surface area contributed by atoms with E-state index in [1.54, 1.807) is 11.9 Å². The lowest BCUT2D eigenvalue weighted by Crippen LogP contribution is -2.30. The van der Waals surface area contributed by atoms with Crippen molar-refractivity contribution in [2.24, 2.45) is 13.0 Å². The van der Waals surface area contributed by atoms with E-state index in [1.807, 2.05) is 0 Å².